The Morgan fingerprint density at radius 1 is 0.938 bits per heavy atom. The fourth-order valence-corrected chi connectivity index (χ4v) is 6.06. The molecule has 3 aromatic rings. The number of nitrogens with zero attached hydrogens (tertiary/aromatic N) is 2. The number of rotatable bonds is 5. The lowest BCUT2D eigenvalue weighted by Gasteiger charge is -2.23. The van der Waals surface area contributed by atoms with Gasteiger partial charge in [-0.25, -0.2) is 8.42 Å². The van der Waals surface area contributed by atoms with Crippen LogP contribution in [0, 0.1) is 0 Å². The molecule has 0 aliphatic carbocycles. The summed E-state index contributed by atoms with van der Waals surface area (Å²) in [7, 11) is -3.65. The maximum absolute atomic E-state index is 13.1. The zero-order valence-corrected chi connectivity index (χ0v) is 18.6. The third kappa shape index (κ3) is 3.52. The second kappa shape index (κ2) is 7.98. The van der Waals surface area contributed by atoms with Gasteiger partial charge in [-0.2, -0.15) is 0 Å². The molecule has 1 amide bonds. The van der Waals surface area contributed by atoms with Crippen LogP contribution >= 0.6 is 0 Å². The molecule has 0 saturated carbocycles. The van der Waals surface area contributed by atoms with E-state index in [-0.39, 0.29) is 23.5 Å². The molecule has 3 aromatic carbocycles. The van der Waals surface area contributed by atoms with Gasteiger partial charge in [-0.1, -0.05) is 36.4 Å². The van der Waals surface area contributed by atoms with Gasteiger partial charge in [0.05, 0.1) is 10.6 Å². The maximum Gasteiger partial charge on any atom is 0.265 e. The van der Waals surface area contributed by atoms with Crippen molar-refractivity contribution < 1.29 is 17.9 Å². The molecule has 1 atom stereocenters. The minimum Gasteiger partial charge on any atom is -0.484 e. The van der Waals surface area contributed by atoms with E-state index in [1.807, 2.05) is 55.5 Å². The summed E-state index contributed by atoms with van der Waals surface area (Å²) in [6.45, 7) is 2.35. The molecule has 0 bridgehead atoms. The van der Waals surface area contributed by atoms with Crippen molar-refractivity contribution in [2.45, 2.75) is 30.7 Å². The van der Waals surface area contributed by atoms with Crippen LogP contribution in [0.25, 0.3) is 0 Å². The number of sulfonamides is 1. The highest BCUT2D eigenvalue weighted by atomic mass is 32.2. The predicted molar refractivity (Wildman–Crippen MR) is 124 cm³/mol. The summed E-state index contributed by atoms with van der Waals surface area (Å²) < 4.78 is 33.4. The van der Waals surface area contributed by atoms with Gasteiger partial charge in [0.25, 0.3) is 15.9 Å². The summed E-state index contributed by atoms with van der Waals surface area (Å²) in [6, 6.07) is 21.8. The van der Waals surface area contributed by atoms with Crippen molar-refractivity contribution in [2.75, 3.05) is 22.4 Å². The summed E-state index contributed by atoms with van der Waals surface area (Å²) in [5, 5.41) is 0. The van der Waals surface area contributed by atoms with Gasteiger partial charge in [-0.05, 0) is 67.3 Å². The number of hydrogen-bond donors (Lipinski definition) is 0. The number of benzene rings is 3. The smallest absolute Gasteiger partial charge is 0.265 e. The Labute approximate surface area is 188 Å². The summed E-state index contributed by atoms with van der Waals surface area (Å²) in [6.07, 6.45) is 1.53. The first-order valence-corrected chi connectivity index (χ1v) is 12.1. The molecular formula is C25H24N2O4S. The van der Waals surface area contributed by atoms with Crippen molar-refractivity contribution in [3.63, 3.8) is 0 Å². The molecule has 7 heteroatoms. The van der Waals surface area contributed by atoms with E-state index < -0.39 is 10.0 Å². The standard InChI is InChI=1S/C25H24N2O4S/c1-18-16-20-7-3-5-9-24(20)27(18)25(28)17-31-21-10-12-22(13-11-21)32(29,30)26-15-14-19-6-2-4-8-23(19)26/h2-13,18H,14-17H2,1H3/t18-/m1/s1. The number of hydrogen-bond acceptors (Lipinski definition) is 4. The van der Waals surface area contributed by atoms with E-state index in [0.717, 1.165) is 28.9 Å². The number of fused-ring (bicyclic) bond motifs is 2. The summed E-state index contributed by atoms with van der Waals surface area (Å²) in [4.78, 5) is 14.8. The van der Waals surface area contributed by atoms with E-state index in [9.17, 15) is 13.2 Å². The Morgan fingerprint density at radius 2 is 1.59 bits per heavy atom. The minimum atomic E-state index is -3.65. The van der Waals surface area contributed by atoms with Gasteiger partial charge >= 0.3 is 0 Å². The average molecular weight is 449 g/mol. The van der Waals surface area contributed by atoms with E-state index >= 15 is 0 Å². The van der Waals surface area contributed by atoms with Crippen molar-refractivity contribution in [3.05, 3.63) is 83.9 Å². The van der Waals surface area contributed by atoms with Gasteiger partial charge in [0.15, 0.2) is 6.61 Å². The maximum atomic E-state index is 13.1. The van der Waals surface area contributed by atoms with Crippen LogP contribution in [-0.4, -0.2) is 33.5 Å². The van der Waals surface area contributed by atoms with Gasteiger partial charge in [0.1, 0.15) is 5.75 Å². The molecule has 2 aliphatic heterocycles. The highest BCUT2D eigenvalue weighted by molar-refractivity contribution is 7.92. The van der Waals surface area contributed by atoms with E-state index in [4.69, 9.17) is 4.74 Å². The molecule has 0 unspecified atom stereocenters. The third-order valence-electron chi connectivity index (χ3n) is 6.09. The lowest BCUT2D eigenvalue weighted by Crippen LogP contribution is -2.39. The zero-order chi connectivity index (χ0) is 22.3. The highest BCUT2D eigenvalue weighted by Crippen LogP contribution is 2.34. The topological polar surface area (TPSA) is 66.9 Å². The molecule has 2 heterocycles. The molecule has 0 fully saturated rings. The van der Waals surface area contributed by atoms with Crippen LogP contribution in [0.2, 0.25) is 0 Å². The first kappa shape index (κ1) is 20.6. The molecule has 5 rings (SSSR count). The van der Waals surface area contributed by atoms with Gasteiger partial charge in [0, 0.05) is 18.3 Å². The summed E-state index contributed by atoms with van der Waals surface area (Å²) in [5.41, 5.74) is 3.86. The fourth-order valence-electron chi connectivity index (χ4n) is 4.55. The van der Waals surface area contributed by atoms with Crippen molar-refractivity contribution in [2.24, 2.45) is 0 Å². The Morgan fingerprint density at radius 3 is 2.34 bits per heavy atom. The van der Waals surface area contributed by atoms with Gasteiger partial charge in [0.2, 0.25) is 0 Å². The monoisotopic (exact) mass is 448 g/mol. The summed E-state index contributed by atoms with van der Waals surface area (Å²) >= 11 is 0. The van der Waals surface area contributed by atoms with Crippen LogP contribution in [0.15, 0.2) is 77.7 Å². The molecule has 0 N–H and O–H groups in total. The predicted octanol–water partition coefficient (Wildman–Crippen LogP) is 3.79. The molecule has 6 nitrogen and oxygen atoms in total. The molecular weight excluding hydrogens is 424 g/mol. The molecule has 0 spiro atoms. The highest BCUT2D eigenvalue weighted by Gasteiger charge is 2.32. The Hall–Kier alpha value is -3.32. The Kier molecular flexibility index (Phi) is 5.13. The lowest BCUT2D eigenvalue weighted by atomic mass is 10.1. The molecule has 0 radical (unpaired) electrons. The van der Waals surface area contributed by atoms with E-state index in [0.29, 0.717) is 18.7 Å². The first-order valence-electron chi connectivity index (χ1n) is 10.7. The van der Waals surface area contributed by atoms with Crippen molar-refractivity contribution in [3.8, 4) is 5.75 Å². The fraction of sp³-hybridized carbons (Fsp3) is 0.240. The minimum absolute atomic E-state index is 0.0827. The number of carbonyl (C=O) groups is 1. The van der Waals surface area contributed by atoms with Gasteiger partial charge in [-0.3, -0.25) is 9.10 Å². The number of amides is 1. The molecule has 32 heavy (non-hydrogen) atoms. The number of carbonyl (C=O) groups excluding carboxylic acids is 1. The first-order chi connectivity index (χ1) is 15.4. The van der Waals surface area contributed by atoms with Crippen LogP contribution in [0.3, 0.4) is 0 Å². The molecule has 2 aliphatic rings. The SMILES string of the molecule is C[C@@H]1Cc2ccccc2N1C(=O)COc1ccc(S(=O)(=O)N2CCc3ccccc32)cc1. The average Bonchev–Trinajstić information content (AvgIpc) is 3.38. The van der Waals surface area contributed by atoms with Crippen LogP contribution in [0.4, 0.5) is 11.4 Å². The van der Waals surface area contributed by atoms with Crippen molar-refractivity contribution in [1.82, 2.24) is 0 Å². The largest absolute Gasteiger partial charge is 0.484 e. The van der Waals surface area contributed by atoms with E-state index in [2.05, 4.69) is 0 Å². The Bertz CT molecular complexity index is 1270. The van der Waals surface area contributed by atoms with Gasteiger partial charge in [-0.15, -0.1) is 0 Å². The van der Waals surface area contributed by atoms with Gasteiger partial charge < -0.3 is 9.64 Å². The molecule has 164 valence electrons. The van der Waals surface area contributed by atoms with Crippen LogP contribution in [-0.2, 0) is 27.7 Å². The number of anilines is 2. The number of para-hydroxylation sites is 2. The van der Waals surface area contributed by atoms with Crippen LogP contribution in [0.5, 0.6) is 5.75 Å². The number of ether oxygens (including phenoxy) is 1. The quantitative estimate of drug-likeness (QED) is 0.596. The van der Waals surface area contributed by atoms with E-state index in [1.54, 1.807) is 17.0 Å². The van der Waals surface area contributed by atoms with Crippen LogP contribution < -0.4 is 13.9 Å². The second-order valence-electron chi connectivity index (χ2n) is 8.16. The third-order valence-corrected chi connectivity index (χ3v) is 7.92. The summed E-state index contributed by atoms with van der Waals surface area (Å²) in [5.74, 6) is 0.340. The molecule has 0 saturated heterocycles. The lowest BCUT2D eigenvalue weighted by molar-refractivity contribution is -0.120. The Balaban J connectivity index is 1.27. The van der Waals surface area contributed by atoms with Crippen LogP contribution in [0.1, 0.15) is 18.1 Å². The van der Waals surface area contributed by atoms with Crippen molar-refractivity contribution >= 4 is 27.3 Å². The zero-order valence-electron chi connectivity index (χ0n) is 17.8. The van der Waals surface area contributed by atoms with E-state index in [1.165, 1.54) is 16.4 Å². The second-order valence-corrected chi connectivity index (χ2v) is 10.0. The van der Waals surface area contributed by atoms with Crippen molar-refractivity contribution in [1.29, 1.82) is 0 Å². The molecule has 0 aromatic heterocycles. The normalized spacial score (nSPS) is 17.2.